The van der Waals surface area contributed by atoms with Crippen LogP contribution in [0.1, 0.15) is 18.1 Å². The fourth-order valence-electron chi connectivity index (χ4n) is 3.62. The first kappa shape index (κ1) is 24.8. The molecule has 176 valence electrons. The zero-order valence-electron chi connectivity index (χ0n) is 18.6. The predicted molar refractivity (Wildman–Crippen MR) is 127 cm³/mol. The Bertz CT molecular complexity index is 991. The van der Waals surface area contributed by atoms with Crippen molar-refractivity contribution in [3.8, 4) is 0 Å². The number of hydrogen-bond donors (Lipinski definition) is 1. The van der Waals surface area contributed by atoms with Crippen LogP contribution in [0.25, 0.3) is 0 Å². The highest BCUT2D eigenvalue weighted by Crippen LogP contribution is 2.24. The van der Waals surface area contributed by atoms with Crippen molar-refractivity contribution in [2.75, 3.05) is 26.7 Å². The second kappa shape index (κ2) is 11.4. The van der Waals surface area contributed by atoms with Gasteiger partial charge in [-0.3, -0.25) is 9.59 Å². The van der Waals surface area contributed by atoms with E-state index in [2.05, 4.69) is 5.32 Å². The normalized spacial score (nSPS) is 16.2. The molecular formula is C23H27Cl2N5O3. The summed E-state index contributed by atoms with van der Waals surface area (Å²) in [5.41, 5.74) is 1.69. The highest BCUT2D eigenvalue weighted by atomic mass is 35.5. The summed E-state index contributed by atoms with van der Waals surface area (Å²) < 4.78 is 0. The fourth-order valence-corrected chi connectivity index (χ4v) is 4.09. The third-order valence-corrected chi connectivity index (χ3v) is 6.14. The van der Waals surface area contributed by atoms with Crippen molar-refractivity contribution in [2.24, 2.45) is 0 Å². The first-order chi connectivity index (χ1) is 15.8. The lowest BCUT2D eigenvalue weighted by Crippen LogP contribution is -2.67. The summed E-state index contributed by atoms with van der Waals surface area (Å²) in [6.45, 7) is 3.01. The maximum absolute atomic E-state index is 13.2. The Morgan fingerprint density at radius 2 is 1.94 bits per heavy atom. The van der Waals surface area contributed by atoms with Crippen LogP contribution in [0.3, 0.4) is 0 Å². The van der Waals surface area contributed by atoms with E-state index in [9.17, 15) is 14.4 Å². The van der Waals surface area contributed by atoms with Crippen molar-refractivity contribution < 1.29 is 14.4 Å². The molecule has 1 unspecified atom stereocenters. The van der Waals surface area contributed by atoms with Gasteiger partial charge in [0, 0.05) is 36.7 Å². The average Bonchev–Trinajstić information content (AvgIpc) is 2.81. The van der Waals surface area contributed by atoms with Gasteiger partial charge >= 0.3 is 6.03 Å². The molecule has 1 heterocycles. The average molecular weight is 492 g/mol. The van der Waals surface area contributed by atoms with E-state index in [1.807, 2.05) is 37.3 Å². The molecule has 0 bridgehead atoms. The van der Waals surface area contributed by atoms with Gasteiger partial charge in [0.05, 0.1) is 6.54 Å². The van der Waals surface area contributed by atoms with Gasteiger partial charge in [-0.2, -0.15) is 0 Å². The van der Waals surface area contributed by atoms with Gasteiger partial charge in [0.1, 0.15) is 12.7 Å². The first-order valence-electron chi connectivity index (χ1n) is 10.6. The number of benzene rings is 2. The van der Waals surface area contributed by atoms with Gasteiger partial charge in [0.15, 0.2) is 0 Å². The standard InChI is InChI=1S/C23H27Cl2N5O3/c1-3-27(2)30(23(33)26-12-17-7-5-4-6-8-17)21-14-28(22(32)15-29(21)16-31)13-18-9-10-19(24)11-20(18)25/h4-11,16,21H,3,12-15H2,1-2H3,(H,26,33). The lowest BCUT2D eigenvalue weighted by Gasteiger charge is -2.46. The van der Waals surface area contributed by atoms with Gasteiger partial charge in [-0.1, -0.05) is 66.5 Å². The van der Waals surface area contributed by atoms with Crippen LogP contribution < -0.4 is 5.32 Å². The van der Waals surface area contributed by atoms with E-state index < -0.39 is 6.17 Å². The van der Waals surface area contributed by atoms with Crippen molar-refractivity contribution >= 4 is 41.6 Å². The minimum absolute atomic E-state index is 0.139. The van der Waals surface area contributed by atoms with E-state index in [0.29, 0.717) is 29.5 Å². The minimum atomic E-state index is -0.674. The van der Waals surface area contributed by atoms with E-state index in [0.717, 1.165) is 11.1 Å². The molecule has 1 saturated heterocycles. The summed E-state index contributed by atoms with van der Waals surface area (Å²) in [4.78, 5) is 40.7. The molecule has 1 aliphatic rings. The lowest BCUT2D eigenvalue weighted by atomic mass is 10.1. The largest absolute Gasteiger partial charge is 0.334 e. The van der Waals surface area contributed by atoms with Gasteiger partial charge in [0.2, 0.25) is 12.3 Å². The van der Waals surface area contributed by atoms with Crippen molar-refractivity contribution in [1.82, 2.24) is 25.1 Å². The van der Waals surface area contributed by atoms with Crippen molar-refractivity contribution in [2.45, 2.75) is 26.2 Å². The smallest absolute Gasteiger partial charge is 0.333 e. The van der Waals surface area contributed by atoms with Crippen molar-refractivity contribution in [3.63, 3.8) is 0 Å². The number of hydrazine groups is 1. The summed E-state index contributed by atoms with van der Waals surface area (Å²) in [6, 6.07) is 14.3. The van der Waals surface area contributed by atoms with Crippen LogP contribution in [0.15, 0.2) is 48.5 Å². The second-order valence-electron chi connectivity index (χ2n) is 7.73. The molecule has 0 spiro atoms. The molecule has 2 aromatic carbocycles. The third-order valence-electron chi connectivity index (χ3n) is 5.55. The number of piperazine rings is 1. The van der Waals surface area contributed by atoms with Crippen LogP contribution in [0.2, 0.25) is 10.0 Å². The summed E-state index contributed by atoms with van der Waals surface area (Å²) in [5.74, 6) is -0.229. The number of urea groups is 1. The molecule has 1 atom stereocenters. The molecule has 0 aromatic heterocycles. The molecule has 33 heavy (non-hydrogen) atoms. The molecule has 0 radical (unpaired) electrons. The highest BCUT2D eigenvalue weighted by molar-refractivity contribution is 6.35. The molecular weight excluding hydrogens is 465 g/mol. The van der Waals surface area contributed by atoms with Crippen LogP contribution in [-0.4, -0.2) is 71.0 Å². The van der Waals surface area contributed by atoms with Gasteiger partial charge < -0.3 is 15.1 Å². The zero-order valence-corrected chi connectivity index (χ0v) is 20.1. The Labute approximate surface area is 203 Å². The quantitative estimate of drug-likeness (QED) is 0.454. The predicted octanol–water partition coefficient (Wildman–Crippen LogP) is 3.20. The topological polar surface area (TPSA) is 76.2 Å². The van der Waals surface area contributed by atoms with E-state index in [-0.39, 0.29) is 31.6 Å². The van der Waals surface area contributed by atoms with Crippen LogP contribution in [0.4, 0.5) is 4.79 Å². The van der Waals surface area contributed by atoms with Gasteiger partial charge in [0.25, 0.3) is 0 Å². The first-order valence-corrected chi connectivity index (χ1v) is 11.3. The molecule has 4 amide bonds. The number of nitrogens with zero attached hydrogens (tertiary/aromatic N) is 4. The minimum Gasteiger partial charge on any atom is -0.333 e. The second-order valence-corrected chi connectivity index (χ2v) is 8.57. The van der Waals surface area contributed by atoms with Gasteiger partial charge in [-0.05, 0) is 23.3 Å². The van der Waals surface area contributed by atoms with Gasteiger partial charge in [-0.15, -0.1) is 0 Å². The number of halogens is 2. The Hall–Kier alpha value is -2.81. The Morgan fingerprint density at radius 3 is 2.58 bits per heavy atom. The van der Waals surface area contributed by atoms with E-state index in [1.165, 1.54) is 9.91 Å². The monoisotopic (exact) mass is 491 g/mol. The Kier molecular flexibility index (Phi) is 8.55. The third kappa shape index (κ3) is 6.16. The lowest BCUT2D eigenvalue weighted by molar-refractivity contribution is -0.156. The van der Waals surface area contributed by atoms with E-state index >= 15 is 0 Å². The molecule has 0 saturated carbocycles. The maximum atomic E-state index is 13.2. The number of amides is 4. The number of carbonyl (C=O) groups excluding carboxylic acids is 3. The van der Waals surface area contributed by atoms with E-state index in [1.54, 1.807) is 35.2 Å². The fraction of sp³-hybridized carbons (Fsp3) is 0.348. The number of hydrogen-bond acceptors (Lipinski definition) is 4. The highest BCUT2D eigenvalue weighted by Gasteiger charge is 2.39. The van der Waals surface area contributed by atoms with Crippen molar-refractivity contribution in [3.05, 3.63) is 69.7 Å². The molecule has 2 aromatic rings. The SMILES string of the molecule is CCN(C)N(C(=O)NCc1ccccc1)C1CN(Cc2ccc(Cl)cc2Cl)C(=O)CN1C=O. The molecule has 1 N–H and O–H groups in total. The van der Waals surface area contributed by atoms with Gasteiger partial charge in [-0.25, -0.2) is 14.8 Å². The molecule has 0 aliphatic carbocycles. The number of carbonyl (C=O) groups is 3. The molecule has 10 heteroatoms. The maximum Gasteiger partial charge on any atom is 0.334 e. The zero-order chi connectivity index (χ0) is 24.0. The molecule has 1 aliphatic heterocycles. The van der Waals surface area contributed by atoms with Crippen LogP contribution in [0, 0.1) is 0 Å². The van der Waals surface area contributed by atoms with Crippen LogP contribution in [0.5, 0.6) is 0 Å². The Morgan fingerprint density at radius 1 is 1.21 bits per heavy atom. The van der Waals surface area contributed by atoms with Crippen LogP contribution in [-0.2, 0) is 22.7 Å². The molecule has 8 nitrogen and oxygen atoms in total. The van der Waals surface area contributed by atoms with Crippen molar-refractivity contribution in [1.29, 1.82) is 0 Å². The van der Waals surface area contributed by atoms with E-state index in [4.69, 9.17) is 23.2 Å². The molecule has 1 fully saturated rings. The summed E-state index contributed by atoms with van der Waals surface area (Å²) >= 11 is 12.3. The Balaban J connectivity index is 1.81. The summed E-state index contributed by atoms with van der Waals surface area (Å²) in [5, 5.41) is 7.08. The summed E-state index contributed by atoms with van der Waals surface area (Å²) in [7, 11) is 1.77. The van der Waals surface area contributed by atoms with Crippen LogP contribution >= 0.6 is 23.2 Å². The number of nitrogens with one attached hydrogen (secondary N) is 1. The number of rotatable bonds is 8. The summed E-state index contributed by atoms with van der Waals surface area (Å²) in [6.07, 6.45) is -0.0668. The molecule has 3 rings (SSSR count).